The van der Waals surface area contributed by atoms with Crippen LogP contribution in [0.25, 0.3) is 0 Å². The summed E-state index contributed by atoms with van der Waals surface area (Å²) in [6.07, 6.45) is 7.75. The molecule has 2 unspecified atom stereocenters. The first-order chi connectivity index (χ1) is 20.8. The van der Waals surface area contributed by atoms with Gasteiger partial charge in [0.2, 0.25) is 11.8 Å². The number of benzene rings is 2. The van der Waals surface area contributed by atoms with Gasteiger partial charge < -0.3 is 25.2 Å². The van der Waals surface area contributed by atoms with E-state index in [4.69, 9.17) is 9.84 Å². The molecule has 0 bridgehead atoms. The monoisotopic (exact) mass is 627 g/mol. The summed E-state index contributed by atoms with van der Waals surface area (Å²) >= 11 is 0. The Morgan fingerprint density at radius 1 is 0.955 bits per heavy atom. The standard InChI is InChI=1S/C34H45N3O6.ClH/c1-2-3-19-37-30(32(39)35-29(33(37)40)31(38)25-7-5-4-6-8-25)24-17-20-36(21-18-24)22-23-9-13-27(14-10-23)43-28-15-11-26(12-16-28)34(41)42;/h9-16,24-25,29-31,38H,2-8,17-22H2,1H3,(H,35,39)(H,41,42);1H/t29-,30?,31?;/m1./s1. The number of hydrogen-bond donors (Lipinski definition) is 3. The second-order valence-corrected chi connectivity index (χ2v) is 12.4. The van der Waals surface area contributed by atoms with E-state index in [1.165, 1.54) is 18.6 Å². The minimum absolute atomic E-state index is 0. The van der Waals surface area contributed by atoms with Crippen molar-refractivity contribution >= 4 is 30.2 Å². The van der Waals surface area contributed by atoms with E-state index in [2.05, 4.69) is 17.1 Å². The predicted octanol–water partition coefficient (Wildman–Crippen LogP) is 5.25. The fourth-order valence-electron chi connectivity index (χ4n) is 6.93. The molecule has 2 amide bonds. The quantitative estimate of drug-likeness (QED) is 0.311. The van der Waals surface area contributed by atoms with E-state index in [1.54, 1.807) is 17.0 Å². The molecule has 3 atom stereocenters. The van der Waals surface area contributed by atoms with Crippen LogP contribution in [-0.2, 0) is 16.1 Å². The zero-order valence-corrected chi connectivity index (χ0v) is 26.3. The summed E-state index contributed by atoms with van der Waals surface area (Å²) < 4.78 is 5.86. The average Bonchev–Trinajstić information content (AvgIpc) is 3.03. The number of carbonyl (C=O) groups is 3. The van der Waals surface area contributed by atoms with Gasteiger partial charge in [-0.2, -0.15) is 0 Å². The largest absolute Gasteiger partial charge is 0.478 e. The fourth-order valence-corrected chi connectivity index (χ4v) is 6.93. The average molecular weight is 628 g/mol. The minimum atomic E-state index is -0.970. The van der Waals surface area contributed by atoms with Gasteiger partial charge in [0.1, 0.15) is 23.6 Å². The molecule has 3 N–H and O–H groups in total. The number of rotatable bonds is 11. The van der Waals surface area contributed by atoms with Crippen LogP contribution in [0.2, 0.25) is 0 Å². The number of piperazine rings is 1. The number of piperidine rings is 1. The number of aromatic carboxylic acids is 1. The smallest absolute Gasteiger partial charge is 0.335 e. The second-order valence-electron chi connectivity index (χ2n) is 12.4. The Morgan fingerprint density at radius 3 is 2.16 bits per heavy atom. The van der Waals surface area contributed by atoms with Crippen molar-refractivity contribution in [2.24, 2.45) is 11.8 Å². The van der Waals surface area contributed by atoms with Crippen molar-refractivity contribution in [1.29, 1.82) is 0 Å². The van der Waals surface area contributed by atoms with Gasteiger partial charge in [-0.05, 0) is 99.0 Å². The highest BCUT2D eigenvalue weighted by atomic mass is 35.5. The Morgan fingerprint density at radius 2 is 1.57 bits per heavy atom. The lowest BCUT2D eigenvalue weighted by atomic mass is 9.80. The van der Waals surface area contributed by atoms with Crippen LogP contribution in [0.15, 0.2) is 48.5 Å². The molecule has 2 saturated heterocycles. The number of likely N-dealkylation sites (tertiary alicyclic amines) is 1. The van der Waals surface area contributed by atoms with E-state index < -0.39 is 24.2 Å². The third-order valence-electron chi connectivity index (χ3n) is 9.42. The van der Waals surface area contributed by atoms with Crippen LogP contribution in [0.4, 0.5) is 0 Å². The molecule has 2 aromatic carbocycles. The molecule has 2 aliphatic heterocycles. The van der Waals surface area contributed by atoms with Gasteiger partial charge in [0, 0.05) is 13.1 Å². The molecular formula is C34H46ClN3O6. The van der Waals surface area contributed by atoms with Gasteiger partial charge in [-0.3, -0.25) is 14.5 Å². The summed E-state index contributed by atoms with van der Waals surface area (Å²) in [4.78, 5) is 42.5. The lowest BCUT2D eigenvalue weighted by molar-refractivity contribution is -0.157. The van der Waals surface area contributed by atoms with Crippen molar-refractivity contribution in [2.75, 3.05) is 19.6 Å². The van der Waals surface area contributed by atoms with Crippen molar-refractivity contribution < 1.29 is 29.3 Å². The highest BCUT2D eigenvalue weighted by Crippen LogP contribution is 2.33. The minimum Gasteiger partial charge on any atom is -0.478 e. The number of halogens is 1. The van der Waals surface area contributed by atoms with E-state index in [-0.39, 0.29) is 41.6 Å². The van der Waals surface area contributed by atoms with E-state index in [9.17, 15) is 19.5 Å². The maximum atomic E-state index is 13.7. The van der Waals surface area contributed by atoms with Crippen molar-refractivity contribution in [3.8, 4) is 11.5 Å². The Bertz CT molecular complexity index is 1240. The number of unbranched alkanes of at least 4 members (excludes halogenated alkanes) is 1. The van der Waals surface area contributed by atoms with Gasteiger partial charge in [0.25, 0.3) is 0 Å². The summed E-state index contributed by atoms with van der Waals surface area (Å²) in [7, 11) is 0. The van der Waals surface area contributed by atoms with Gasteiger partial charge in [-0.15, -0.1) is 12.4 Å². The number of aliphatic hydroxyl groups excluding tert-OH is 1. The van der Waals surface area contributed by atoms with Crippen molar-refractivity contribution in [2.45, 2.75) is 89.4 Å². The van der Waals surface area contributed by atoms with Gasteiger partial charge in [-0.1, -0.05) is 44.7 Å². The highest BCUT2D eigenvalue weighted by Gasteiger charge is 2.48. The van der Waals surface area contributed by atoms with Crippen LogP contribution >= 0.6 is 12.4 Å². The number of amides is 2. The molecule has 3 aliphatic rings. The lowest BCUT2D eigenvalue weighted by Gasteiger charge is -2.46. The molecule has 1 saturated carbocycles. The summed E-state index contributed by atoms with van der Waals surface area (Å²) in [5.41, 5.74) is 1.37. The molecule has 5 rings (SSSR count). The van der Waals surface area contributed by atoms with Gasteiger partial charge >= 0.3 is 5.97 Å². The summed E-state index contributed by atoms with van der Waals surface area (Å²) in [5, 5.41) is 23.1. The molecule has 2 aromatic rings. The molecule has 3 fully saturated rings. The van der Waals surface area contributed by atoms with E-state index in [0.717, 1.165) is 76.6 Å². The maximum Gasteiger partial charge on any atom is 0.335 e. The van der Waals surface area contributed by atoms with Crippen LogP contribution in [0.1, 0.15) is 80.6 Å². The molecular weight excluding hydrogens is 582 g/mol. The van der Waals surface area contributed by atoms with E-state index in [1.807, 2.05) is 24.3 Å². The van der Waals surface area contributed by atoms with E-state index in [0.29, 0.717) is 18.0 Å². The number of carboxylic acid groups (broad SMARTS) is 1. The Kier molecular flexibility index (Phi) is 12.1. The maximum absolute atomic E-state index is 13.7. The molecule has 0 spiro atoms. The number of hydrogen-bond acceptors (Lipinski definition) is 6. The molecule has 240 valence electrons. The van der Waals surface area contributed by atoms with Crippen molar-refractivity contribution in [3.05, 3.63) is 59.7 Å². The first-order valence-electron chi connectivity index (χ1n) is 16.0. The number of carboxylic acids is 1. The number of carbonyl (C=O) groups excluding carboxylic acids is 2. The van der Waals surface area contributed by atoms with Crippen molar-refractivity contribution in [3.63, 3.8) is 0 Å². The van der Waals surface area contributed by atoms with Crippen LogP contribution < -0.4 is 10.1 Å². The normalized spacial score (nSPS) is 22.6. The summed E-state index contributed by atoms with van der Waals surface area (Å²) in [5.74, 6) is 0.226. The zero-order valence-electron chi connectivity index (χ0n) is 25.5. The van der Waals surface area contributed by atoms with Crippen LogP contribution in [0, 0.1) is 11.8 Å². The van der Waals surface area contributed by atoms with Crippen molar-refractivity contribution in [1.82, 2.24) is 15.1 Å². The van der Waals surface area contributed by atoms with E-state index >= 15 is 0 Å². The topological polar surface area (TPSA) is 119 Å². The Labute approximate surface area is 266 Å². The Balaban J connectivity index is 0.00000442. The number of ether oxygens (including phenoxy) is 1. The molecule has 44 heavy (non-hydrogen) atoms. The third-order valence-corrected chi connectivity index (χ3v) is 9.42. The zero-order chi connectivity index (χ0) is 30.3. The Hall–Kier alpha value is -3.14. The predicted molar refractivity (Wildman–Crippen MR) is 170 cm³/mol. The van der Waals surface area contributed by atoms with Crippen LogP contribution in [0.5, 0.6) is 11.5 Å². The second kappa shape index (κ2) is 15.7. The molecule has 0 aromatic heterocycles. The number of aliphatic hydroxyl groups is 1. The molecule has 0 radical (unpaired) electrons. The van der Waals surface area contributed by atoms with Gasteiger partial charge in [0.05, 0.1) is 11.7 Å². The molecule has 1 aliphatic carbocycles. The highest BCUT2D eigenvalue weighted by molar-refractivity contribution is 5.97. The van der Waals surface area contributed by atoms with Crippen LogP contribution in [-0.4, -0.2) is 75.6 Å². The summed E-state index contributed by atoms with van der Waals surface area (Å²) in [6.45, 7) is 5.11. The molecule has 10 heteroatoms. The first kappa shape index (κ1) is 33.7. The number of nitrogens with zero attached hydrogens (tertiary/aromatic N) is 2. The third kappa shape index (κ3) is 8.11. The van der Waals surface area contributed by atoms with Gasteiger partial charge in [0.15, 0.2) is 0 Å². The molecule has 9 nitrogen and oxygen atoms in total. The molecule has 2 heterocycles. The lowest BCUT2D eigenvalue weighted by Crippen LogP contribution is -2.69. The summed E-state index contributed by atoms with van der Waals surface area (Å²) in [6, 6.07) is 12.9. The number of nitrogens with one attached hydrogen (secondary N) is 1. The SMILES string of the molecule is CCCCN1C(=O)[C@@H](C(O)C2CCCCC2)NC(=O)C1C1CCN(Cc2ccc(Oc3ccc(C(=O)O)cc3)cc2)CC1.Cl. The fraction of sp³-hybridized carbons (Fsp3) is 0.559. The van der Waals surface area contributed by atoms with Gasteiger partial charge in [-0.25, -0.2) is 4.79 Å². The first-order valence-corrected chi connectivity index (χ1v) is 16.0. The van der Waals surface area contributed by atoms with Crippen LogP contribution in [0.3, 0.4) is 0 Å².